The van der Waals surface area contributed by atoms with Crippen LogP contribution in [0.3, 0.4) is 0 Å². The number of hydrogen-bond acceptors (Lipinski definition) is 6. The highest BCUT2D eigenvalue weighted by molar-refractivity contribution is 5.18. The Morgan fingerprint density at radius 2 is 2.43 bits per heavy atom. The molecule has 0 aliphatic carbocycles. The summed E-state index contributed by atoms with van der Waals surface area (Å²) in [5, 5.41) is 10.6. The molecule has 0 atom stereocenters. The summed E-state index contributed by atoms with van der Waals surface area (Å²) in [4.78, 5) is 8.02. The Labute approximate surface area is 80.1 Å². The summed E-state index contributed by atoms with van der Waals surface area (Å²) in [6.07, 6.45) is 1.63. The van der Waals surface area contributed by atoms with E-state index in [0.29, 0.717) is 24.2 Å². The molecule has 7 nitrogen and oxygen atoms in total. The zero-order chi connectivity index (χ0) is 9.97. The van der Waals surface area contributed by atoms with Crippen molar-refractivity contribution in [3.05, 3.63) is 18.0 Å². The van der Waals surface area contributed by atoms with Gasteiger partial charge in [-0.05, 0) is 6.92 Å². The van der Waals surface area contributed by atoms with Gasteiger partial charge in [0.15, 0.2) is 11.6 Å². The molecule has 2 aromatic heterocycles. The maximum absolute atomic E-state index is 4.86. The summed E-state index contributed by atoms with van der Waals surface area (Å²) in [6.45, 7) is 2.23. The second-order valence-electron chi connectivity index (χ2n) is 2.83. The maximum atomic E-state index is 4.86. The Balaban J connectivity index is 1.94. The second kappa shape index (κ2) is 3.44. The van der Waals surface area contributed by atoms with Crippen molar-refractivity contribution < 1.29 is 4.52 Å². The molecule has 0 aromatic carbocycles. The molecule has 7 heteroatoms. The molecule has 1 N–H and O–H groups in total. The third-order valence-corrected chi connectivity index (χ3v) is 1.57. The molecule has 0 fully saturated rings. The first-order valence-corrected chi connectivity index (χ1v) is 4.13. The fourth-order valence-electron chi connectivity index (χ4n) is 0.988. The van der Waals surface area contributed by atoms with Crippen molar-refractivity contribution in [3.63, 3.8) is 0 Å². The minimum absolute atomic E-state index is 0.384. The van der Waals surface area contributed by atoms with E-state index >= 15 is 0 Å². The number of hydrogen-bond donors (Lipinski definition) is 1. The Kier molecular flexibility index (Phi) is 2.13. The van der Waals surface area contributed by atoms with E-state index < -0.39 is 0 Å². The fraction of sp³-hybridized carbons (Fsp3) is 0.429. The van der Waals surface area contributed by atoms with Gasteiger partial charge in [0.05, 0.1) is 6.54 Å². The van der Waals surface area contributed by atoms with Gasteiger partial charge < -0.3 is 9.84 Å². The summed E-state index contributed by atoms with van der Waals surface area (Å²) >= 11 is 0. The van der Waals surface area contributed by atoms with E-state index in [0.717, 1.165) is 0 Å². The van der Waals surface area contributed by atoms with Crippen LogP contribution in [0.4, 0.5) is 6.01 Å². The van der Waals surface area contributed by atoms with Gasteiger partial charge in [-0.2, -0.15) is 10.1 Å². The van der Waals surface area contributed by atoms with Gasteiger partial charge in [-0.25, -0.2) is 4.98 Å². The van der Waals surface area contributed by atoms with Crippen LogP contribution in [-0.4, -0.2) is 24.9 Å². The monoisotopic (exact) mass is 194 g/mol. The Bertz CT molecular complexity index is 379. The first kappa shape index (κ1) is 8.67. The highest BCUT2D eigenvalue weighted by Crippen LogP contribution is 2.03. The molecule has 74 valence electrons. The lowest BCUT2D eigenvalue weighted by Crippen LogP contribution is -2.02. The van der Waals surface area contributed by atoms with E-state index in [4.69, 9.17) is 4.52 Å². The van der Waals surface area contributed by atoms with E-state index in [9.17, 15) is 0 Å². The van der Waals surface area contributed by atoms with E-state index in [2.05, 4.69) is 25.5 Å². The van der Waals surface area contributed by atoms with Gasteiger partial charge in [-0.3, -0.25) is 4.68 Å². The Morgan fingerprint density at radius 1 is 1.57 bits per heavy atom. The van der Waals surface area contributed by atoms with Gasteiger partial charge >= 0.3 is 6.01 Å². The zero-order valence-electron chi connectivity index (χ0n) is 7.93. The number of nitrogens with zero attached hydrogens (tertiary/aromatic N) is 5. The van der Waals surface area contributed by atoms with Crippen LogP contribution in [0.15, 0.2) is 10.9 Å². The molecule has 2 heterocycles. The van der Waals surface area contributed by atoms with Gasteiger partial charge in [0, 0.05) is 7.05 Å². The molecule has 2 aromatic rings. The molecule has 0 amide bonds. The molecule has 0 unspecified atom stereocenters. The molecule has 0 radical (unpaired) electrons. The normalized spacial score (nSPS) is 10.4. The summed E-state index contributed by atoms with van der Waals surface area (Å²) in [7, 11) is 1.81. The Morgan fingerprint density at radius 3 is 3.00 bits per heavy atom. The summed E-state index contributed by atoms with van der Waals surface area (Å²) < 4.78 is 6.49. The number of aromatic nitrogens is 5. The van der Waals surface area contributed by atoms with Crippen LogP contribution in [-0.2, 0) is 13.6 Å². The quantitative estimate of drug-likeness (QED) is 0.747. The minimum atomic E-state index is 0.384. The standard InChI is InChI=1S/C7H10N6O/c1-5-10-7(14-12-5)8-3-6-9-4-13(2)11-6/h4H,3H2,1-2H3,(H,8,10,12). The first-order valence-electron chi connectivity index (χ1n) is 4.13. The van der Waals surface area contributed by atoms with Gasteiger partial charge in [-0.15, -0.1) is 0 Å². The predicted octanol–water partition coefficient (Wildman–Crippen LogP) is 0.119. The third kappa shape index (κ3) is 1.87. The molecular formula is C7H10N6O. The van der Waals surface area contributed by atoms with Crippen molar-refractivity contribution in [2.75, 3.05) is 5.32 Å². The topological polar surface area (TPSA) is 81.7 Å². The van der Waals surface area contributed by atoms with Crippen molar-refractivity contribution in [1.82, 2.24) is 24.9 Å². The van der Waals surface area contributed by atoms with Crippen LogP contribution in [0.25, 0.3) is 0 Å². The van der Waals surface area contributed by atoms with Crippen LogP contribution in [0.1, 0.15) is 11.6 Å². The van der Waals surface area contributed by atoms with E-state index in [1.807, 2.05) is 7.05 Å². The highest BCUT2D eigenvalue weighted by atomic mass is 16.5. The largest absolute Gasteiger partial charge is 0.330 e. The average Bonchev–Trinajstić information content (AvgIpc) is 2.72. The number of nitrogens with one attached hydrogen (secondary N) is 1. The number of rotatable bonds is 3. The summed E-state index contributed by atoms with van der Waals surface area (Å²) in [6, 6.07) is 0.384. The van der Waals surface area contributed by atoms with E-state index in [-0.39, 0.29) is 0 Å². The van der Waals surface area contributed by atoms with E-state index in [1.165, 1.54) is 0 Å². The minimum Gasteiger partial charge on any atom is -0.330 e. The summed E-state index contributed by atoms with van der Waals surface area (Å²) in [5.74, 6) is 1.28. The van der Waals surface area contributed by atoms with Crippen molar-refractivity contribution in [3.8, 4) is 0 Å². The zero-order valence-corrected chi connectivity index (χ0v) is 7.93. The number of anilines is 1. The molecule has 0 bridgehead atoms. The third-order valence-electron chi connectivity index (χ3n) is 1.57. The van der Waals surface area contributed by atoms with Gasteiger partial charge in [-0.1, -0.05) is 5.16 Å². The molecule has 0 spiro atoms. The molecule has 0 saturated heterocycles. The maximum Gasteiger partial charge on any atom is 0.321 e. The molecule has 2 rings (SSSR count). The van der Waals surface area contributed by atoms with Gasteiger partial charge in [0.25, 0.3) is 0 Å². The summed E-state index contributed by atoms with van der Waals surface area (Å²) in [5.41, 5.74) is 0. The average molecular weight is 194 g/mol. The predicted molar refractivity (Wildman–Crippen MR) is 47.4 cm³/mol. The van der Waals surface area contributed by atoms with Crippen molar-refractivity contribution in [2.24, 2.45) is 7.05 Å². The van der Waals surface area contributed by atoms with Crippen molar-refractivity contribution in [1.29, 1.82) is 0 Å². The smallest absolute Gasteiger partial charge is 0.321 e. The van der Waals surface area contributed by atoms with Crippen LogP contribution in [0.2, 0.25) is 0 Å². The highest BCUT2D eigenvalue weighted by Gasteiger charge is 2.03. The van der Waals surface area contributed by atoms with Crippen molar-refractivity contribution >= 4 is 6.01 Å². The Hall–Kier alpha value is -1.92. The first-order chi connectivity index (χ1) is 6.74. The SMILES string of the molecule is Cc1noc(NCc2ncn(C)n2)n1. The van der Waals surface area contributed by atoms with Gasteiger partial charge in [0.1, 0.15) is 6.33 Å². The van der Waals surface area contributed by atoms with Gasteiger partial charge in [0.2, 0.25) is 0 Å². The van der Waals surface area contributed by atoms with Crippen LogP contribution in [0, 0.1) is 6.92 Å². The lowest BCUT2D eigenvalue weighted by atomic mass is 10.6. The fourth-order valence-corrected chi connectivity index (χ4v) is 0.988. The van der Waals surface area contributed by atoms with Crippen LogP contribution in [0.5, 0.6) is 0 Å². The molecule has 14 heavy (non-hydrogen) atoms. The lowest BCUT2D eigenvalue weighted by molar-refractivity contribution is 0.425. The lowest BCUT2D eigenvalue weighted by Gasteiger charge is -1.94. The second-order valence-corrected chi connectivity index (χ2v) is 2.83. The van der Waals surface area contributed by atoms with E-state index in [1.54, 1.807) is 17.9 Å². The molecule has 0 aliphatic heterocycles. The van der Waals surface area contributed by atoms with Crippen LogP contribution >= 0.6 is 0 Å². The van der Waals surface area contributed by atoms with Crippen molar-refractivity contribution in [2.45, 2.75) is 13.5 Å². The molecule has 0 saturated carbocycles. The number of aryl methyl sites for hydroxylation is 2. The van der Waals surface area contributed by atoms with Crippen LogP contribution < -0.4 is 5.32 Å². The molecule has 0 aliphatic rings. The molecular weight excluding hydrogens is 184 g/mol.